The summed E-state index contributed by atoms with van der Waals surface area (Å²) in [6, 6.07) is 14.2. The van der Waals surface area contributed by atoms with Crippen LogP contribution >= 0.6 is 11.8 Å². The number of hydrogen-bond acceptors (Lipinski definition) is 6. The van der Waals surface area contributed by atoms with Crippen LogP contribution in [0.2, 0.25) is 0 Å². The zero-order valence-electron chi connectivity index (χ0n) is 17.6. The zero-order chi connectivity index (χ0) is 22.2. The lowest BCUT2D eigenvalue weighted by Crippen LogP contribution is -2.37. The lowest BCUT2D eigenvalue weighted by Gasteiger charge is -2.27. The lowest BCUT2D eigenvalue weighted by molar-refractivity contribution is 0.0976. The normalized spacial score (nSPS) is 14.5. The van der Waals surface area contributed by atoms with Gasteiger partial charge in [0.25, 0.3) is 11.8 Å². The van der Waals surface area contributed by atoms with E-state index in [4.69, 9.17) is 9.47 Å². The molecule has 0 atom stereocenters. The molecule has 8 heteroatoms. The van der Waals surface area contributed by atoms with Crippen molar-refractivity contribution in [1.29, 1.82) is 0 Å². The molecule has 2 aliphatic heterocycles. The first-order valence-corrected chi connectivity index (χ1v) is 11.1. The number of carbonyl (C=O) groups excluding carboxylic acids is 2. The average Bonchev–Trinajstić information content (AvgIpc) is 2.92. The fourth-order valence-electron chi connectivity index (χ4n) is 3.75. The molecule has 0 fully saturated rings. The molecule has 0 aliphatic carbocycles. The van der Waals surface area contributed by atoms with E-state index in [-0.39, 0.29) is 17.9 Å². The lowest BCUT2D eigenvalue weighted by atomic mass is 10.1. The van der Waals surface area contributed by atoms with E-state index >= 15 is 0 Å². The fourth-order valence-corrected chi connectivity index (χ4v) is 4.80. The molecule has 5 rings (SSSR count). The highest BCUT2D eigenvalue weighted by Crippen LogP contribution is 2.41. The molecule has 0 saturated heterocycles. The van der Waals surface area contributed by atoms with Gasteiger partial charge in [0, 0.05) is 34.5 Å². The van der Waals surface area contributed by atoms with Crippen molar-refractivity contribution in [2.24, 2.45) is 0 Å². The number of carbonyl (C=O) groups is 2. The van der Waals surface area contributed by atoms with Gasteiger partial charge in [0.1, 0.15) is 18.2 Å². The van der Waals surface area contributed by atoms with E-state index in [9.17, 15) is 9.59 Å². The fraction of sp³-hybridized carbons (Fsp3) is 0.208. The molecule has 0 spiro atoms. The van der Waals surface area contributed by atoms with Crippen molar-refractivity contribution in [1.82, 2.24) is 4.98 Å². The second-order valence-electron chi connectivity index (χ2n) is 7.72. The highest BCUT2D eigenvalue weighted by Gasteiger charge is 2.30. The third-order valence-corrected chi connectivity index (χ3v) is 6.29. The van der Waals surface area contributed by atoms with Gasteiger partial charge in [-0.3, -0.25) is 9.59 Å². The van der Waals surface area contributed by atoms with Crippen LogP contribution in [0.4, 0.5) is 11.4 Å². The first kappa shape index (κ1) is 20.4. The number of benzene rings is 2. The van der Waals surface area contributed by atoms with Crippen LogP contribution in [0.5, 0.6) is 11.5 Å². The molecule has 1 aromatic heterocycles. The monoisotopic (exact) mass is 447 g/mol. The quantitative estimate of drug-likeness (QED) is 0.631. The number of pyridine rings is 1. The van der Waals surface area contributed by atoms with Crippen molar-refractivity contribution in [3.8, 4) is 11.5 Å². The molecule has 7 nitrogen and oxygen atoms in total. The van der Waals surface area contributed by atoms with E-state index in [1.54, 1.807) is 53.6 Å². The average molecular weight is 448 g/mol. The van der Waals surface area contributed by atoms with E-state index < -0.39 is 0 Å². The minimum atomic E-state index is -0.252. The van der Waals surface area contributed by atoms with Gasteiger partial charge in [0.05, 0.1) is 11.3 Å². The summed E-state index contributed by atoms with van der Waals surface area (Å²) < 4.78 is 11.1. The van der Waals surface area contributed by atoms with Crippen LogP contribution < -0.4 is 19.7 Å². The van der Waals surface area contributed by atoms with Crippen molar-refractivity contribution in [3.05, 3.63) is 65.9 Å². The Morgan fingerprint density at radius 1 is 1.09 bits per heavy atom. The summed E-state index contributed by atoms with van der Waals surface area (Å²) in [5, 5.41) is 3.54. The molecule has 2 aromatic carbocycles. The number of fused-ring (bicyclic) bond motifs is 3. The maximum absolute atomic E-state index is 13.2. The maximum atomic E-state index is 13.2. The van der Waals surface area contributed by atoms with Crippen LogP contribution in [0.3, 0.4) is 0 Å². The number of anilines is 2. The van der Waals surface area contributed by atoms with Crippen LogP contribution in [-0.4, -0.2) is 36.1 Å². The Morgan fingerprint density at radius 2 is 1.91 bits per heavy atom. The van der Waals surface area contributed by atoms with E-state index in [2.05, 4.69) is 10.3 Å². The van der Waals surface area contributed by atoms with Crippen molar-refractivity contribution in [3.63, 3.8) is 0 Å². The Hall–Kier alpha value is -3.52. The summed E-state index contributed by atoms with van der Waals surface area (Å²) in [7, 11) is 0. The molecule has 0 unspecified atom stereocenters. The van der Waals surface area contributed by atoms with E-state index in [0.29, 0.717) is 46.6 Å². The first-order chi connectivity index (χ1) is 15.5. The second-order valence-corrected chi connectivity index (χ2v) is 8.75. The summed E-state index contributed by atoms with van der Waals surface area (Å²) in [4.78, 5) is 33.1. The van der Waals surface area contributed by atoms with Gasteiger partial charge in [-0.1, -0.05) is 11.8 Å². The molecule has 0 saturated carbocycles. The molecule has 2 aliphatic rings. The van der Waals surface area contributed by atoms with Crippen molar-refractivity contribution in [2.45, 2.75) is 29.8 Å². The van der Waals surface area contributed by atoms with Crippen molar-refractivity contribution >= 4 is 35.0 Å². The number of ether oxygens (including phenoxy) is 2. The summed E-state index contributed by atoms with van der Waals surface area (Å²) in [6.07, 6.45) is 1.67. The van der Waals surface area contributed by atoms with Gasteiger partial charge in [-0.15, -0.1) is 0 Å². The largest absolute Gasteiger partial charge is 0.486 e. The Morgan fingerprint density at radius 3 is 2.72 bits per heavy atom. The summed E-state index contributed by atoms with van der Waals surface area (Å²) in [6.45, 7) is 4.93. The Labute approximate surface area is 189 Å². The number of aromatic nitrogens is 1. The summed E-state index contributed by atoms with van der Waals surface area (Å²) in [5.41, 5.74) is 2.43. The van der Waals surface area contributed by atoms with Crippen LogP contribution in [0.1, 0.15) is 34.6 Å². The van der Waals surface area contributed by atoms with Crippen LogP contribution in [0.15, 0.2) is 64.6 Å². The molecule has 162 valence electrons. The highest BCUT2D eigenvalue weighted by atomic mass is 32.2. The van der Waals surface area contributed by atoms with Gasteiger partial charge in [-0.05, 0) is 56.3 Å². The number of amides is 2. The Kier molecular flexibility index (Phi) is 5.22. The van der Waals surface area contributed by atoms with Gasteiger partial charge in [-0.2, -0.15) is 0 Å². The number of rotatable bonds is 3. The topological polar surface area (TPSA) is 80.8 Å². The summed E-state index contributed by atoms with van der Waals surface area (Å²) in [5.74, 6) is 0.932. The predicted molar refractivity (Wildman–Crippen MR) is 122 cm³/mol. The van der Waals surface area contributed by atoms with Crippen molar-refractivity contribution < 1.29 is 19.1 Å². The van der Waals surface area contributed by atoms with Crippen LogP contribution in [0.25, 0.3) is 0 Å². The van der Waals surface area contributed by atoms with Crippen molar-refractivity contribution in [2.75, 3.05) is 23.4 Å². The Balaban J connectivity index is 1.47. The number of nitrogens with one attached hydrogen (secondary N) is 1. The zero-order valence-corrected chi connectivity index (χ0v) is 18.4. The van der Waals surface area contributed by atoms with Gasteiger partial charge in [0.2, 0.25) is 0 Å². The van der Waals surface area contributed by atoms with Crippen LogP contribution in [0, 0.1) is 0 Å². The summed E-state index contributed by atoms with van der Waals surface area (Å²) >= 11 is 1.39. The number of nitrogens with zero attached hydrogens (tertiary/aromatic N) is 2. The van der Waals surface area contributed by atoms with E-state index in [1.807, 2.05) is 19.9 Å². The van der Waals surface area contributed by atoms with E-state index in [0.717, 1.165) is 10.6 Å². The second kappa shape index (κ2) is 8.20. The third-order valence-electron chi connectivity index (χ3n) is 5.22. The molecule has 2 amide bonds. The molecule has 0 bridgehead atoms. The van der Waals surface area contributed by atoms with Crippen LogP contribution in [-0.2, 0) is 0 Å². The van der Waals surface area contributed by atoms with Gasteiger partial charge in [0.15, 0.2) is 11.5 Å². The van der Waals surface area contributed by atoms with Gasteiger partial charge in [-0.25, -0.2) is 4.98 Å². The molecular weight excluding hydrogens is 426 g/mol. The molecule has 32 heavy (non-hydrogen) atoms. The molecule has 3 aromatic rings. The molecule has 0 radical (unpaired) electrons. The molecular formula is C24H21N3O4S. The molecule has 3 heterocycles. The Bertz CT molecular complexity index is 1230. The maximum Gasteiger partial charge on any atom is 0.261 e. The number of hydrogen-bond donors (Lipinski definition) is 1. The highest BCUT2D eigenvalue weighted by molar-refractivity contribution is 7.99. The smallest absolute Gasteiger partial charge is 0.261 e. The standard InChI is InChI=1S/C24H21N3O4S/c1-14(2)27-18-7-5-15(12-21(18)32-23-17(24(27)29)4-3-9-25-23)22(28)26-16-6-8-19-20(13-16)31-11-10-30-19/h3-9,12-14H,10-11H2,1-2H3,(H,26,28). The third kappa shape index (κ3) is 3.67. The van der Waals surface area contributed by atoms with E-state index in [1.165, 1.54) is 11.8 Å². The minimum absolute atomic E-state index is 0.0506. The predicted octanol–water partition coefficient (Wildman–Crippen LogP) is 4.62. The first-order valence-electron chi connectivity index (χ1n) is 10.3. The SMILES string of the molecule is CC(C)N1C(=O)c2cccnc2Sc2cc(C(=O)Nc3ccc4c(c3)OCCO4)ccc21. The van der Waals surface area contributed by atoms with Gasteiger partial charge >= 0.3 is 0 Å². The minimum Gasteiger partial charge on any atom is -0.486 e. The molecule has 1 N–H and O–H groups in total. The van der Waals surface area contributed by atoms with Gasteiger partial charge < -0.3 is 19.7 Å².